The number of hydrogen-bond acceptors (Lipinski definition) is 5. The van der Waals surface area contributed by atoms with Crippen LogP contribution in [0.15, 0.2) is 6.20 Å². The molecule has 1 aliphatic rings. The Morgan fingerprint density at radius 2 is 2.39 bits per heavy atom. The fourth-order valence-electron chi connectivity index (χ4n) is 2.11. The van der Waals surface area contributed by atoms with Crippen molar-refractivity contribution in [3.05, 3.63) is 11.9 Å². The van der Waals surface area contributed by atoms with E-state index >= 15 is 0 Å². The van der Waals surface area contributed by atoms with Crippen LogP contribution in [0.3, 0.4) is 0 Å². The van der Waals surface area contributed by atoms with E-state index in [2.05, 4.69) is 10.3 Å². The van der Waals surface area contributed by atoms with E-state index in [1.807, 2.05) is 0 Å². The van der Waals surface area contributed by atoms with E-state index in [9.17, 15) is 9.90 Å². The van der Waals surface area contributed by atoms with Gasteiger partial charge in [-0.25, -0.2) is 4.68 Å². The average molecular weight is 253 g/mol. The van der Waals surface area contributed by atoms with E-state index < -0.39 is 0 Å². The second kappa shape index (κ2) is 5.45. The first-order chi connectivity index (χ1) is 8.58. The van der Waals surface area contributed by atoms with Crippen LogP contribution >= 0.6 is 0 Å². The highest BCUT2D eigenvalue weighted by Crippen LogP contribution is 2.27. The molecule has 2 rings (SSSR count). The summed E-state index contributed by atoms with van der Waals surface area (Å²) in [6.07, 6.45) is 3.08. The number of carbonyl (C=O) groups excluding carboxylic acids is 1. The third-order valence-corrected chi connectivity index (χ3v) is 3.26. The Bertz CT molecular complexity index is 413. The predicted octanol–water partition coefficient (Wildman–Crippen LogP) is -1.03. The quantitative estimate of drug-likeness (QED) is 0.699. The molecule has 1 heterocycles. The molecule has 0 aliphatic heterocycles. The van der Waals surface area contributed by atoms with Crippen LogP contribution in [-0.4, -0.2) is 50.6 Å². The highest BCUT2D eigenvalue weighted by molar-refractivity contribution is 5.75. The molecule has 1 amide bonds. The van der Waals surface area contributed by atoms with Crippen LogP contribution in [0.4, 0.5) is 0 Å². The van der Waals surface area contributed by atoms with Crippen molar-refractivity contribution in [1.82, 2.24) is 19.9 Å². The van der Waals surface area contributed by atoms with Crippen molar-refractivity contribution in [2.75, 3.05) is 13.6 Å². The summed E-state index contributed by atoms with van der Waals surface area (Å²) in [7, 11) is 1.77. The molecule has 1 aromatic rings. The lowest BCUT2D eigenvalue weighted by atomic mass is 9.82. The Hall–Kier alpha value is -1.47. The Labute approximate surface area is 106 Å². The van der Waals surface area contributed by atoms with E-state index in [-0.39, 0.29) is 18.6 Å². The molecule has 0 spiro atoms. The van der Waals surface area contributed by atoms with Gasteiger partial charge in [0.1, 0.15) is 6.54 Å². The van der Waals surface area contributed by atoms with Gasteiger partial charge in [-0.1, -0.05) is 5.21 Å². The molecule has 0 radical (unpaired) electrons. The summed E-state index contributed by atoms with van der Waals surface area (Å²) in [5.41, 5.74) is 6.10. The number of aromatic nitrogens is 3. The van der Waals surface area contributed by atoms with Gasteiger partial charge in [0.2, 0.25) is 5.91 Å². The van der Waals surface area contributed by atoms with Crippen LogP contribution in [-0.2, 0) is 17.9 Å². The number of nitrogens with zero attached hydrogens (tertiary/aromatic N) is 4. The van der Waals surface area contributed by atoms with Gasteiger partial charge in [-0.05, 0) is 18.8 Å². The van der Waals surface area contributed by atoms with Crippen LogP contribution < -0.4 is 5.73 Å². The number of amides is 1. The van der Waals surface area contributed by atoms with Crippen LogP contribution in [0, 0.1) is 5.92 Å². The van der Waals surface area contributed by atoms with Crippen molar-refractivity contribution in [3.8, 4) is 0 Å². The smallest absolute Gasteiger partial charge is 0.244 e. The van der Waals surface area contributed by atoms with Gasteiger partial charge in [-0.2, -0.15) is 0 Å². The normalized spacial score (nSPS) is 22.6. The standard InChI is InChI=1S/C11H19N5O2/c1-15(5-8-2-10(17)3-8)11(18)7-16-6-9(4-12)13-14-16/h6,8,10,17H,2-5,7,12H2,1H3. The van der Waals surface area contributed by atoms with Gasteiger partial charge in [-0.15, -0.1) is 5.10 Å². The molecule has 3 N–H and O–H groups in total. The zero-order valence-corrected chi connectivity index (χ0v) is 10.5. The van der Waals surface area contributed by atoms with E-state index in [4.69, 9.17) is 5.73 Å². The zero-order chi connectivity index (χ0) is 13.1. The molecular formula is C11H19N5O2. The maximum Gasteiger partial charge on any atom is 0.244 e. The van der Waals surface area contributed by atoms with E-state index in [1.165, 1.54) is 4.68 Å². The summed E-state index contributed by atoms with van der Waals surface area (Å²) in [5, 5.41) is 16.9. The molecule has 0 bridgehead atoms. The number of rotatable bonds is 5. The SMILES string of the molecule is CN(CC1CC(O)C1)C(=O)Cn1cc(CN)nn1. The van der Waals surface area contributed by atoms with Crippen molar-refractivity contribution in [1.29, 1.82) is 0 Å². The van der Waals surface area contributed by atoms with E-state index in [0.29, 0.717) is 24.7 Å². The van der Waals surface area contributed by atoms with Crippen LogP contribution in [0.5, 0.6) is 0 Å². The number of nitrogens with two attached hydrogens (primary N) is 1. The van der Waals surface area contributed by atoms with Crippen LogP contribution in [0.25, 0.3) is 0 Å². The molecule has 0 unspecified atom stereocenters. The van der Waals surface area contributed by atoms with Gasteiger partial charge in [0.15, 0.2) is 0 Å². The van der Waals surface area contributed by atoms with Gasteiger partial charge in [-0.3, -0.25) is 4.79 Å². The summed E-state index contributed by atoms with van der Waals surface area (Å²) < 4.78 is 1.50. The van der Waals surface area contributed by atoms with Crippen LogP contribution in [0.2, 0.25) is 0 Å². The van der Waals surface area contributed by atoms with Gasteiger partial charge < -0.3 is 15.7 Å². The molecule has 1 aliphatic carbocycles. The van der Waals surface area contributed by atoms with Gasteiger partial charge >= 0.3 is 0 Å². The minimum absolute atomic E-state index is 0.00939. The summed E-state index contributed by atoms with van der Waals surface area (Å²) in [4.78, 5) is 13.6. The fraction of sp³-hybridized carbons (Fsp3) is 0.727. The topological polar surface area (TPSA) is 97.3 Å². The number of aliphatic hydroxyl groups excluding tert-OH is 1. The Kier molecular flexibility index (Phi) is 3.93. The van der Waals surface area contributed by atoms with Gasteiger partial charge in [0.25, 0.3) is 0 Å². The summed E-state index contributed by atoms with van der Waals surface area (Å²) in [6.45, 7) is 1.19. The molecule has 100 valence electrons. The Morgan fingerprint density at radius 3 is 2.94 bits per heavy atom. The third kappa shape index (κ3) is 3.05. The molecular weight excluding hydrogens is 234 g/mol. The van der Waals surface area contributed by atoms with Gasteiger partial charge in [0, 0.05) is 20.1 Å². The second-order valence-electron chi connectivity index (χ2n) is 4.88. The first kappa shape index (κ1) is 13.0. The largest absolute Gasteiger partial charge is 0.393 e. The molecule has 0 atom stereocenters. The molecule has 1 saturated carbocycles. The monoisotopic (exact) mass is 253 g/mol. The van der Waals surface area contributed by atoms with Crippen molar-refractivity contribution >= 4 is 5.91 Å². The lowest BCUT2D eigenvalue weighted by Crippen LogP contribution is -2.40. The number of hydrogen-bond donors (Lipinski definition) is 2. The maximum atomic E-state index is 11.9. The van der Waals surface area contributed by atoms with Gasteiger partial charge in [0.05, 0.1) is 18.0 Å². The molecule has 1 fully saturated rings. The average Bonchev–Trinajstić information content (AvgIpc) is 2.74. The number of aliphatic hydroxyl groups is 1. The minimum atomic E-state index is -0.180. The first-order valence-corrected chi connectivity index (χ1v) is 6.09. The lowest BCUT2D eigenvalue weighted by Gasteiger charge is -2.34. The predicted molar refractivity (Wildman–Crippen MR) is 64.3 cm³/mol. The molecule has 7 heteroatoms. The maximum absolute atomic E-state index is 11.9. The number of likely N-dealkylation sites (N-methyl/N-ethyl adjacent to an activating group) is 1. The lowest BCUT2D eigenvalue weighted by molar-refractivity contribution is -0.132. The Balaban J connectivity index is 1.79. The van der Waals surface area contributed by atoms with Crippen molar-refractivity contribution in [3.63, 3.8) is 0 Å². The van der Waals surface area contributed by atoms with Crippen LogP contribution in [0.1, 0.15) is 18.5 Å². The molecule has 0 aromatic carbocycles. The highest BCUT2D eigenvalue weighted by Gasteiger charge is 2.29. The summed E-state index contributed by atoms with van der Waals surface area (Å²) in [5.74, 6) is 0.411. The zero-order valence-electron chi connectivity index (χ0n) is 10.5. The summed E-state index contributed by atoms with van der Waals surface area (Å²) in [6, 6.07) is 0. The fourth-order valence-corrected chi connectivity index (χ4v) is 2.11. The minimum Gasteiger partial charge on any atom is -0.393 e. The molecule has 7 nitrogen and oxygen atoms in total. The molecule has 1 aromatic heterocycles. The summed E-state index contributed by atoms with van der Waals surface area (Å²) >= 11 is 0. The van der Waals surface area contributed by atoms with Crippen molar-refractivity contribution in [2.24, 2.45) is 11.7 Å². The third-order valence-electron chi connectivity index (χ3n) is 3.26. The van der Waals surface area contributed by atoms with Crippen molar-refractivity contribution in [2.45, 2.75) is 32.0 Å². The molecule has 18 heavy (non-hydrogen) atoms. The van der Waals surface area contributed by atoms with E-state index in [1.54, 1.807) is 18.1 Å². The first-order valence-electron chi connectivity index (χ1n) is 6.09. The highest BCUT2D eigenvalue weighted by atomic mass is 16.3. The number of carbonyl (C=O) groups is 1. The second-order valence-corrected chi connectivity index (χ2v) is 4.88. The Morgan fingerprint density at radius 1 is 1.67 bits per heavy atom. The van der Waals surface area contributed by atoms with Crippen molar-refractivity contribution < 1.29 is 9.90 Å². The van der Waals surface area contributed by atoms with E-state index in [0.717, 1.165) is 12.8 Å². The molecule has 0 saturated heterocycles.